The third kappa shape index (κ3) is 2.72. The summed E-state index contributed by atoms with van der Waals surface area (Å²) in [6.45, 7) is 0. The number of aryl methyl sites for hydroxylation is 1. The number of pyridine rings is 1. The Kier molecular flexibility index (Phi) is 3.58. The summed E-state index contributed by atoms with van der Waals surface area (Å²) >= 11 is 0. The molecule has 0 atom stereocenters. The lowest BCUT2D eigenvalue weighted by Crippen LogP contribution is -2.08. The molecule has 114 valence electrons. The summed E-state index contributed by atoms with van der Waals surface area (Å²) in [7, 11) is 0. The van der Waals surface area contributed by atoms with Gasteiger partial charge in [0.05, 0.1) is 5.69 Å². The predicted molar refractivity (Wildman–Crippen MR) is 93.4 cm³/mol. The second-order valence-corrected chi connectivity index (χ2v) is 6.10. The number of nitrogens with zero attached hydrogens (tertiary/aromatic N) is 1. The van der Waals surface area contributed by atoms with Crippen LogP contribution in [-0.2, 0) is 12.8 Å². The third-order valence-corrected chi connectivity index (χ3v) is 4.55. The number of phenolic OH excluding ortho intramolecular Hbond substituents is 1. The van der Waals surface area contributed by atoms with Crippen LogP contribution in [-0.4, -0.2) is 10.1 Å². The maximum Gasteiger partial charge on any atom is 0.115 e. The van der Waals surface area contributed by atoms with Crippen molar-refractivity contribution >= 4 is 0 Å². The minimum Gasteiger partial charge on any atom is -0.508 e. The SMILES string of the molecule is Oc1ccc(-c2cc(-c3ccccc3)c3c(n2)CCCC3)cc1. The van der Waals surface area contributed by atoms with E-state index in [0.29, 0.717) is 0 Å². The zero-order valence-corrected chi connectivity index (χ0v) is 13.0. The first-order valence-corrected chi connectivity index (χ1v) is 8.19. The molecule has 0 saturated carbocycles. The van der Waals surface area contributed by atoms with E-state index in [-0.39, 0.29) is 5.75 Å². The zero-order valence-electron chi connectivity index (χ0n) is 13.0. The quantitative estimate of drug-likeness (QED) is 0.722. The summed E-state index contributed by atoms with van der Waals surface area (Å²) in [5.74, 6) is 0.287. The van der Waals surface area contributed by atoms with Crippen molar-refractivity contribution in [3.63, 3.8) is 0 Å². The standard InChI is InChI=1S/C21H19NO/c23-17-12-10-16(11-13-17)21-14-19(15-6-2-1-3-7-15)18-8-4-5-9-20(18)22-21/h1-3,6-7,10-14,23H,4-5,8-9H2. The van der Waals surface area contributed by atoms with Gasteiger partial charge in [0.2, 0.25) is 0 Å². The van der Waals surface area contributed by atoms with Crippen LogP contribution in [0.15, 0.2) is 60.7 Å². The summed E-state index contributed by atoms with van der Waals surface area (Å²) in [6, 6.07) is 20.1. The number of hydrogen-bond acceptors (Lipinski definition) is 2. The molecule has 1 aliphatic carbocycles. The molecule has 2 heteroatoms. The lowest BCUT2D eigenvalue weighted by atomic mass is 9.88. The zero-order chi connectivity index (χ0) is 15.6. The molecule has 0 fully saturated rings. The van der Waals surface area contributed by atoms with Gasteiger partial charge >= 0.3 is 0 Å². The number of rotatable bonds is 2. The molecule has 0 unspecified atom stereocenters. The van der Waals surface area contributed by atoms with Crippen LogP contribution in [0.4, 0.5) is 0 Å². The Labute approximate surface area is 136 Å². The normalized spacial score (nSPS) is 13.6. The van der Waals surface area contributed by atoms with Crippen LogP contribution in [0.2, 0.25) is 0 Å². The number of fused-ring (bicyclic) bond motifs is 1. The molecule has 1 aliphatic rings. The average molecular weight is 301 g/mol. The largest absolute Gasteiger partial charge is 0.508 e. The van der Waals surface area contributed by atoms with E-state index in [4.69, 9.17) is 4.98 Å². The second kappa shape index (κ2) is 5.88. The highest BCUT2D eigenvalue weighted by molar-refractivity contribution is 5.74. The van der Waals surface area contributed by atoms with Crippen LogP contribution in [0.3, 0.4) is 0 Å². The molecule has 0 saturated heterocycles. The minimum absolute atomic E-state index is 0.287. The van der Waals surface area contributed by atoms with E-state index in [0.717, 1.165) is 24.1 Å². The molecule has 2 aromatic carbocycles. The van der Waals surface area contributed by atoms with E-state index in [9.17, 15) is 5.11 Å². The molecule has 0 spiro atoms. The monoisotopic (exact) mass is 301 g/mol. The summed E-state index contributed by atoms with van der Waals surface area (Å²) in [6.07, 6.45) is 4.63. The van der Waals surface area contributed by atoms with Gasteiger partial charge in [0.25, 0.3) is 0 Å². The summed E-state index contributed by atoms with van der Waals surface area (Å²) < 4.78 is 0. The molecule has 1 N–H and O–H groups in total. The number of hydrogen-bond donors (Lipinski definition) is 1. The topological polar surface area (TPSA) is 33.1 Å². The Morgan fingerprint density at radius 3 is 2.30 bits per heavy atom. The predicted octanol–water partition coefficient (Wildman–Crippen LogP) is 5.00. The lowest BCUT2D eigenvalue weighted by Gasteiger charge is -2.20. The number of aromatic nitrogens is 1. The summed E-state index contributed by atoms with van der Waals surface area (Å²) in [5, 5.41) is 9.51. The highest BCUT2D eigenvalue weighted by Crippen LogP contribution is 2.34. The highest BCUT2D eigenvalue weighted by Gasteiger charge is 2.17. The van der Waals surface area contributed by atoms with Gasteiger partial charge in [-0.15, -0.1) is 0 Å². The van der Waals surface area contributed by atoms with Crippen LogP contribution in [0.25, 0.3) is 22.4 Å². The van der Waals surface area contributed by atoms with E-state index < -0.39 is 0 Å². The second-order valence-electron chi connectivity index (χ2n) is 6.10. The molecule has 0 radical (unpaired) electrons. The fourth-order valence-electron chi connectivity index (χ4n) is 3.36. The first kappa shape index (κ1) is 14.0. The van der Waals surface area contributed by atoms with Crippen molar-refractivity contribution in [2.45, 2.75) is 25.7 Å². The fraction of sp³-hybridized carbons (Fsp3) is 0.190. The Morgan fingerprint density at radius 1 is 0.783 bits per heavy atom. The van der Waals surface area contributed by atoms with Gasteiger partial charge in [0, 0.05) is 11.3 Å². The number of aromatic hydroxyl groups is 1. The van der Waals surface area contributed by atoms with Gasteiger partial charge in [-0.1, -0.05) is 30.3 Å². The van der Waals surface area contributed by atoms with Gasteiger partial charge in [0.15, 0.2) is 0 Å². The average Bonchev–Trinajstić information content (AvgIpc) is 2.62. The third-order valence-electron chi connectivity index (χ3n) is 4.55. The molecule has 0 aliphatic heterocycles. The Bertz CT molecular complexity index is 822. The molecule has 0 bridgehead atoms. The van der Waals surface area contributed by atoms with Crippen LogP contribution >= 0.6 is 0 Å². The molecular formula is C21H19NO. The lowest BCUT2D eigenvalue weighted by molar-refractivity contribution is 0.475. The Morgan fingerprint density at radius 2 is 1.52 bits per heavy atom. The highest BCUT2D eigenvalue weighted by atomic mass is 16.3. The molecule has 3 aromatic rings. The molecule has 1 heterocycles. The van der Waals surface area contributed by atoms with Gasteiger partial charge in [0.1, 0.15) is 5.75 Å². The van der Waals surface area contributed by atoms with Crippen molar-refractivity contribution < 1.29 is 5.11 Å². The van der Waals surface area contributed by atoms with Crippen LogP contribution in [0.1, 0.15) is 24.1 Å². The van der Waals surface area contributed by atoms with Crippen molar-refractivity contribution in [1.29, 1.82) is 0 Å². The molecule has 1 aromatic heterocycles. The first-order chi connectivity index (χ1) is 11.3. The summed E-state index contributed by atoms with van der Waals surface area (Å²) in [4.78, 5) is 4.92. The smallest absolute Gasteiger partial charge is 0.115 e. The molecule has 0 amide bonds. The molecular weight excluding hydrogens is 282 g/mol. The Balaban J connectivity index is 1.90. The van der Waals surface area contributed by atoms with Gasteiger partial charge in [-0.25, -0.2) is 0 Å². The molecule has 2 nitrogen and oxygen atoms in total. The van der Waals surface area contributed by atoms with E-state index in [1.807, 2.05) is 12.1 Å². The van der Waals surface area contributed by atoms with Crippen molar-refractivity contribution in [3.05, 3.63) is 71.9 Å². The van der Waals surface area contributed by atoms with E-state index in [2.05, 4.69) is 36.4 Å². The van der Waals surface area contributed by atoms with Gasteiger partial charge in [-0.3, -0.25) is 4.98 Å². The molecule has 23 heavy (non-hydrogen) atoms. The summed E-state index contributed by atoms with van der Waals surface area (Å²) in [5.41, 5.74) is 7.25. The Hall–Kier alpha value is -2.61. The molecule has 4 rings (SSSR count). The maximum atomic E-state index is 9.51. The van der Waals surface area contributed by atoms with Crippen molar-refractivity contribution in [1.82, 2.24) is 4.98 Å². The van der Waals surface area contributed by atoms with Gasteiger partial charge < -0.3 is 5.11 Å². The van der Waals surface area contributed by atoms with Gasteiger partial charge in [-0.05, 0) is 72.7 Å². The van der Waals surface area contributed by atoms with Crippen molar-refractivity contribution in [2.24, 2.45) is 0 Å². The van der Waals surface area contributed by atoms with Crippen LogP contribution < -0.4 is 0 Å². The number of phenols is 1. The maximum absolute atomic E-state index is 9.51. The van der Waals surface area contributed by atoms with E-state index in [1.165, 1.54) is 35.2 Å². The minimum atomic E-state index is 0.287. The number of benzene rings is 2. The van der Waals surface area contributed by atoms with E-state index >= 15 is 0 Å². The van der Waals surface area contributed by atoms with Crippen molar-refractivity contribution in [3.8, 4) is 28.1 Å². The van der Waals surface area contributed by atoms with E-state index in [1.54, 1.807) is 12.1 Å². The van der Waals surface area contributed by atoms with Gasteiger partial charge in [-0.2, -0.15) is 0 Å². The first-order valence-electron chi connectivity index (χ1n) is 8.19. The van der Waals surface area contributed by atoms with Crippen LogP contribution in [0, 0.1) is 0 Å². The fourth-order valence-corrected chi connectivity index (χ4v) is 3.36. The van der Waals surface area contributed by atoms with Crippen molar-refractivity contribution in [2.75, 3.05) is 0 Å². The van der Waals surface area contributed by atoms with Crippen LogP contribution in [0.5, 0.6) is 5.75 Å².